The fraction of sp³-hybridized carbons (Fsp3) is 0.500. The first-order valence-electron chi connectivity index (χ1n) is 5.10. The maximum absolute atomic E-state index is 3.37. The molecule has 72 valence electrons. The summed E-state index contributed by atoms with van der Waals surface area (Å²) in [5, 5.41) is 3.37. The molecule has 1 heterocycles. The van der Waals surface area contributed by atoms with Crippen LogP contribution in [-0.2, 0) is 0 Å². The second-order valence-electron chi connectivity index (χ2n) is 3.53. The molecule has 0 saturated carbocycles. The smallest absolute Gasteiger partial charge is 0.0413 e. The molecule has 1 aliphatic rings. The van der Waals surface area contributed by atoms with Gasteiger partial charge in [-0.3, -0.25) is 0 Å². The molecule has 1 nitrogen and oxygen atoms in total. The van der Waals surface area contributed by atoms with Gasteiger partial charge in [-0.15, -0.1) is 0 Å². The SMILES string of the molecule is CCC/C1=C/NC(C)/C=C\C=C/C1. The van der Waals surface area contributed by atoms with Crippen molar-refractivity contribution < 1.29 is 0 Å². The molecular weight excluding hydrogens is 158 g/mol. The lowest BCUT2D eigenvalue weighted by molar-refractivity contribution is 0.750. The second-order valence-corrected chi connectivity index (χ2v) is 3.53. The molecule has 1 rings (SSSR count). The highest BCUT2D eigenvalue weighted by atomic mass is 14.9. The molecule has 0 aromatic rings. The molecule has 0 spiro atoms. The van der Waals surface area contributed by atoms with Crippen LogP contribution in [0.3, 0.4) is 0 Å². The van der Waals surface area contributed by atoms with Gasteiger partial charge in [0.1, 0.15) is 0 Å². The van der Waals surface area contributed by atoms with E-state index >= 15 is 0 Å². The molecule has 0 aromatic heterocycles. The Morgan fingerprint density at radius 1 is 1.46 bits per heavy atom. The lowest BCUT2D eigenvalue weighted by Gasteiger charge is -2.08. The third-order valence-corrected chi connectivity index (χ3v) is 2.15. The van der Waals surface area contributed by atoms with Crippen molar-refractivity contribution in [2.75, 3.05) is 0 Å². The van der Waals surface area contributed by atoms with E-state index in [4.69, 9.17) is 0 Å². The van der Waals surface area contributed by atoms with Gasteiger partial charge < -0.3 is 5.32 Å². The molecule has 0 radical (unpaired) electrons. The van der Waals surface area contributed by atoms with E-state index in [1.54, 1.807) is 0 Å². The van der Waals surface area contributed by atoms with E-state index in [0.29, 0.717) is 6.04 Å². The molecule has 0 saturated heterocycles. The van der Waals surface area contributed by atoms with E-state index in [0.717, 1.165) is 6.42 Å². The van der Waals surface area contributed by atoms with E-state index in [2.05, 4.69) is 49.7 Å². The van der Waals surface area contributed by atoms with Gasteiger partial charge in [0.25, 0.3) is 0 Å². The standard InChI is InChI=1S/C12H19N/c1-3-7-12-9-6-4-5-8-11(2)13-10-12/h4-6,8,10-11,13H,3,7,9H2,1-2H3/b6-4-,8-5-,12-10-. The maximum atomic E-state index is 3.37. The van der Waals surface area contributed by atoms with Gasteiger partial charge in [-0.1, -0.05) is 43.2 Å². The zero-order valence-corrected chi connectivity index (χ0v) is 8.59. The molecule has 1 heteroatoms. The molecular formula is C12H19N. The topological polar surface area (TPSA) is 12.0 Å². The van der Waals surface area contributed by atoms with Gasteiger partial charge in [-0.25, -0.2) is 0 Å². The summed E-state index contributed by atoms with van der Waals surface area (Å²) in [7, 11) is 0. The van der Waals surface area contributed by atoms with Crippen LogP contribution in [0.1, 0.15) is 33.1 Å². The molecule has 1 aliphatic heterocycles. The van der Waals surface area contributed by atoms with Crippen LogP contribution in [0.15, 0.2) is 36.1 Å². The van der Waals surface area contributed by atoms with Crippen molar-refractivity contribution in [2.45, 2.75) is 39.2 Å². The van der Waals surface area contributed by atoms with Crippen LogP contribution in [0.5, 0.6) is 0 Å². The molecule has 0 amide bonds. The van der Waals surface area contributed by atoms with Crippen molar-refractivity contribution >= 4 is 0 Å². The van der Waals surface area contributed by atoms with Crippen LogP contribution in [0.25, 0.3) is 0 Å². The third kappa shape index (κ3) is 3.97. The Hall–Kier alpha value is -0.980. The van der Waals surface area contributed by atoms with Crippen molar-refractivity contribution in [3.63, 3.8) is 0 Å². The number of rotatable bonds is 2. The average Bonchev–Trinajstić information content (AvgIpc) is 2.21. The first-order valence-corrected chi connectivity index (χ1v) is 5.10. The Kier molecular flexibility index (Phi) is 4.37. The van der Waals surface area contributed by atoms with Gasteiger partial charge in [0.15, 0.2) is 0 Å². The van der Waals surface area contributed by atoms with Gasteiger partial charge in [-0.05, 0) is 26.0 Å². The van der Waals surface area contributed by atoms with Gasteiger partial charge in [-0.2, -0.15) is 0 Å². The van der Waals surface area contributed by atoms with Crippen LogP contribution >= 0.6 is 0 Å². The van der Waals surface area contributed by atoms with Crippen molar-refractivity contribution in [1.82, 2.24) is 5.32 Å². The highest BCUT2D eigenvalue weighted by molar-refractivity contribution is 5.15. The van der Waals surface area contributed by atoms with Crippen molar-refractivity contribution in [3.05, 3.63) is 36.1 Å². The molecule has 1 N–H and O–H groups in total. The fourth-order valence-electron chi connectivity index (χ4n) is 1.39. The summed E-state index contributed by atoms with van der Waals surface area (Å²) in [4.78, 5) is 0. The lowest BCUT2D eigenvalue weighted by Crippen LogP contribution is -2.17. The minimum atomic E-state index is 0.439. The summed E-state index contributed by atoms with van der Waals surface area (Å²) in [6.07, 6.45) is 14.3. The van der Waals surface area contributed by atoms with Gasteiger partial charge in [0.2, 0.25) is 0 Å². The minimum Gasteiger partial charge on any atom is -0.385 e. The Morgan fingerprint density at radius 2 is 2.31 bits per heavy atom. The van der Waals surface area contributed by atoms with Crippen LogP contribution in [0, 0.1) is 0 Å². The normalized spacial score (nSPS) is 31.5. The highest BCUT2D eigenvalue weighted by Gasteiger charge is 1.97. The van der Waals surface area contributed by atoms with Crippen LogP contribution in [-0.4, -0.2) is 6.04 Å². The third-order valence-electron chi connectivity index (χ3n) is 2.15. The molecule has 1 unspecified atom stereocenters. The Balaban J connectivity index is 2.59. The fourth-order valence-corrected chi connectivity index (χ4v) is 1.39. The van der Waals surface area contributed by atoms with Crippen LogP contribution in [0.2, 0.25) is 0 Å². The van der Waals surface area contributed by atoms with Crippen LogP contribution in [0.4, 0.5) is 0 Å². The summed E-state index contributed by atoms with van der Waals surface area (Å²) in [6, 6.07) is 0.439. The average molecular weight is 177 g/mol. The molecule has 1 atom stereocenters. The van der Waals surface area contributed by atoms with Gasteiger partial charge in [0.05, 0.1) is 0 Å². The summed E-state index contributed by atoms with van der Waals surface area (Å²) in [5.74, 6) is 0. The number of hydrogen-bond acceptors (Lipinski definition) is 1. The molecule has 13 heavy (non-hydrogen) atoms. The zero-order chi connectivity index (χ0) is 9.52. The largest absolute Gasteiger partial charge is 0.385 e. The van der Waals surface area contributed by atoms with Gasteiger partial charge in [0, 0.05) is 6.04 Å². The predicted octanol–water partition coefficient (Wildman–Crippen LogP) is 3.16. The Morgan fingerprint density at radius 3 is 3.08 bits per heavy atom. The molecule has 0 fully saturated rings. The Bertz CT molecular complexity index is 223. The van der Waals surface area contributed by atoms with Crippen molar-refractivity contribution in [3.8, 4) is 0 Å². The molecule has 0 aromatic carbocycles. The van der Waals surface area contributed by atoms with E-state index in [9.17, 15) is 0 Å². The summed E-state index contributed by atoms with van der Waals surface area (Å²) >= 11 is 0. The van der Waals surface area contributed by atoms with E-state index in [1.165, 1.54) is 18.4 Å². The van der Waals surface area contributed by atoms with Crippen LogP contribution < -0.4 is 5.32 Å². The predicted molar refractivity (Wildman–Crippen MR) is 58.5 cm³/mol. The first kappa shape index (κ1) is 10.1. The monoisotopic (exact) mass is 177 g/mol. The molecule has 0 aliphatic carbocycles. The van der Waals surface area contributed by atoms with Crippen molar-refractivity contribution in [2.24, 2.45) is 0 Å². The summed E-state index contributed by atoms with van der Waals surface area (Å²) in [5.41, 5.74) is 1.49. The lowest BCUT2D eigenvalue weighted by atomic mass is 10.1. The molecule has 0 bridgehead atoms. The highest BCUT2D eigenvalue weighted by Crippen LogP contribution is 2.10. The summed E-state index contributed by atoms with van der Waals surface area (Å²) in [6.45, 7) is 4.38. The second kappa shape index (κ2) is 5.63. The van der Waals surface area contributed by atoms with Crippen molar-refractivity contribution in [1.29, 1.82) is 0 Å². The van der Waals surface area contributed by atoms with E-state index < -0.39 is 0 Å². The number of allylic oxidation sites excluding steroid dienone is 4. The maximum Gasteiger partial charge on any atom is 0.0413 e. The summed E-state index contributed by atoms with van der Waals surface area (Å²) < 4.78 is 0. The van der Waals surface area contributed by atoms with E-state index in [1.807, 2.05) is 0 Å². The number of hydrogen-bond donors (Lipinski definition) is 1. The van der Waals surface area contributed by atoms with Gasteiger partial charge >= 0.3 is 0 Å². The van der Waals surface area contributed by atoms with E-state index in [-0.39, 0.29) is 0 Å². The number of nitrogens with one attached hydrogen (secondary N) is 1. The zero-order valence-electron chi connectivity index (χ0n) is 8.59. The first-order chi connectivity index (χ1) is 6.33. The quantitative estimate of drug-likeness (QED) is 0.683. The Labute approximate surface area is 81.2 Å². The minimum absolute atomic E-state index is 0.439.